The molecular formula is C10H12FeN2NaO8-3. The van der Waals surface area contributed by atoms with Crippen molar-refractivity contribution in [3.05, 3.63) is 0 Å². The Morgan fingerprint density at radius 2 is 0.773 bits per heavy atom. The average Bonchev–Trinajstić information content (AvgIpc) is 2.22. The zero-order valence-electron chi connectivity index (χ0n) is 11.8. The Labute approximate surface area is 158 Å². The zero-order chi connectivity index (χ0) is 15.7. The van der Waals surface area contributed by atoms with Gasteiger partial charge in [-0.3, -0.25) is 9.80 Å². The standard InChI is InChI=1S/C10H16N2O8.Fe.Na/c13-7(14)3-11(4-8(15)16)1-2-12(5-9(17)18)6-10(19)20;;/h1-6H2,(H,13,14)(H,15,16)(H,17,18)(H,19,20);;/q;;+1/p-4. The molecule has 0 N–H and O–H groups in total. The molecule has 0 unspecified atom stereocenters. The molecule has 0 aromatic rings. The van der Waals surface area contributed by atoms with E-state index in [4.69, 9.17) is 0 Å². The fraction of sp³-hybridized carbons (Fsp3) is 0.600. The fourth-order valence-corrected chi connectivity index (χ4v) is 1.44. The summed E-state index contributed by atoms with van der Waals surface area (Å²) in [7, 11) is 0. The molecule has 0 heterocycles. The third-order valence-corrected chi connectivity index (χ3v) is 2.14. The second-order valence-corrected chi connectivity index (χ2v) is 3.91. The summed E-state index contributed by atoms with van der Waals surface area (Å²) in [5.41, 5.74) is 0. The monoisotopic (exact) mass is 367 g/mol. The van der Waals surface area contributed by atoms with Crippen LogP contribution in [0.1, 0.15) is 0 Å². The Morgan fingerprint density at radius 1 is 0.591 bits per heavy atom. The first-order chi connectivity index (χ1) is 9.20. The predicted octanol–water partition coefficient (Wildman–Crippen LogP) is -10.4. The van der Waals surface area contributed by atoms with Crippen molar-refractivity contribution in [2.24, 2.45) is 0 Å². The van der Waals surface area contributed by atoms with Crippen LogP contribution < -0.4 is 50.0 Å². The number of carbonyl (C=O) groups excluding carboxylic acids is 4. The van der Waals surface area contributed by atoms with E-state index in [1.165, 1.54) is 0 Å². The third-order valence-electron chi connectivity index (χ3n) is 2.14. The summed E-state index contributed by atoms with van der Waals surface area (Å²) in [6.45, 7) is -3.25. The van der Waals surface area contributed by atoms with Gasteiger partial charge in [-0.2, -0.15) is 0 Å². The van der Waals surface area contributed by atoms with E-state index in [-0.39, 0.29) is 59.7 Å². The van der Waals surface area contributed by atoms with Crippen molar-refractivity contribution in [3.63, 3.8) is 0 Å². The maximum absolute atomic E-state index is 10.4. The average molecular weight is 367 g/mol. The number of aliphatic carboxylic acids is 4. The van der Waals surface area contributed by atoms with Crippen molar-refractivity contribution < 1.29 is 86.2 Å². The molecule has 0 aliphatic rings. The van der Waals surface area contributed by atoms with Gasteiger partial charge in [-0.05, 0) is 0 Å². The second-order valence-electron chi connectivity index (χ2n) is 3.91. The molecule has 0 saturated carbocycles. The zero-order valence-corrected chi connectivity index (χ0v) is 14.9. The summed E-state index contributed by atoms with van der Waals surface area (Å²) >= 11 is 0. The summed E-state index contributed by atoms with van der Waals surface area (Å²) in [6, 6.07) is 0. The Kier molecular flexibility index (Phi) is 16.6. The van der Waals surface area contributed by atoms with Gasteiger partial charge in [0.05, 0.1) is 23.9 Å². The van der Waals surface area contributed by atoms with Gasteiger partial charge in [0.2, 0.25) is 0 Å². The molecule has 0 bridgehead atoms. The molecule has 0 spiro atoms. The molecule has 0 radical (unpaired) electrons. The summed E-state index contributed by atoms with van der Waals surface area (Å²) in [5, 5.41) is 41.6. The van der Waals surface area contributed by atoms with Crippen LogP contribution >= 0.6 is 0 Å². The minimum atomic E-state index is -1.53. The number of hydrogen-bond donors (Lipinski definition) is 0. The fourth-order valence-electron chi connectivity index (χ4n) is 1.44. The van der Waals surface area contributed by atoms with Gasteiger partial charge in [0.1, 0.15) is 0 Å². The molecule has 10 nitrogen and oxygen atoms in total. The third kappa shape index (κ3) is 15.7. The molecule has 22 heavy (non-hydrogen) atoms. The molecule has 0 amide bonds. The number of carboxylic acids is 4. The topological polar surface area (TPSA) is 167 Å². The first kappa shape index (κ1) is 26.2. The molecule has 122 valence electrons. The Morgan fingerprint density at radius 3 is 0.909 bits per heavy atom. The predicted molar refractivity (Wildman–Crippen MR) is 52.9 cm³/mol. The van der Waals surface area contributed by atoms with Crippen molar-refractivity contribution in [2.45, 2.75) is 0 Å². The van der Waals surface area contributed by atoms with Gasteiger partial charge in [-0.1, -0.05) is 0 Å². The molecule has 0 aliphatic heterocycles. The number of carbonyl (C=O) groups is 4. The maximum Gasteiger partial charge on any atom is 1.00 e. The minimum absolute atomic E-state index is 0. The molecule has 0 atom stereocenters. The first-order valence-electron chi connectivity index (χ1n) is 5.44. The van der Waals surface area contributed by atoms with E-state index in [1.807, 2.05) is 0 Å². The van der Waals surface area contributed by atoms with E-state index in [2.05, 4.69) is 0 Å². The second kappa shape index (κ2) is 13.9. The van der Waals surface area contributed by atoms with Crippen molar-refractivity contribution in [2.75, 3.05) is 39.3 Å². The van der Waals surface area contributed by atoms with Crippen LogP contribution in [0, 0.1) is 0 Å². The normalized spacial score (nSPS) is 9.73. The van der Waals surface area contributed by atoms with E-state index < -0.39 is 50.1 Å². The molecule has 0 aromatic heterocycles. The van der Waals surface area contributed by atoms with Crippen LogP contribution in [0.5, 0.6) is 0 Å². The van der Waals surface area contributed by atoms with Gasteiger partial charge < -0.3 is 39.6 Å². The number of rotatable bonds is 11. The summed E-state index contributed by atoms with van der Waals surface area (Å²) in [6.07, 6.45) is 0. The van der Waals surface area contributed by atoms with Gasteiger partial charge in [-0.15, -0.1) is 0 Å². The first-order valence-corrected chi connectivity index (χ1v) is 5.44. The SMILES string of the molecule is O=C([O-])CN(CCN(CC(=O)[O-])CC(=O)[O-])CC(=O)[O-].[Fe].[Na+]. The molecule has 0 rings (SSSR count). The smallest absolute Gasteiger partial charge is 0.549 e. The van der Waals surface area contributed by atoms with E-state index in [0.717, 1.165) is 9.80 Å². The van der Waals surface area contributed by atoms with Crippen molar-refractivity contribution in [1.82, 2.24) is 9.80 Å². The van der Waals surface area contributed by atoms with Gasteiger partial charge in [-0.25, -0.2) is 0 Å². The maximum atomic E-state index is 10.4. The van der Waals surface area contributed by atoms with E-state index in [9.17, 15) is 39.6 Å². The summed E-state index contributed by atoms with van der Waals surface area (Å²) in [4.78, 5) is 43.4. The quantitative estimate of drug-likeness (QED) is 0.320. The van der Waals surface area contributed by atoms with Crippen LogP contribution in [0.15, 0.2) is 0 Å². The van der Waals surface area contributed by atoms with Crippen LogP contribution in [-0.4, -0.2) is 72.9 Å². The molecular weight excluding hydrogens is 355 g/mol. The Balaban J connectivity index is -0.00000180. The van der Waals surface area contributed by atoms with Crippen LogP contribution in [-0.2, 0) is 36.2 Å². The molecule has 0 aromatic carbocycles. The van der Waals surface area contributed by atoms with E-state index in [1.54, 1.807) is 0 Å². The van der Waals surface area contributed by atoms with E-state index in [0.29, 0.717) is 0 Å². The molecule has 12 heteroatoms. The number of hydrogen-bond acceptors (Lipinski definition) is 10. The van der Waals surface area contributed by atoms with Gasteiger partial charge >= 0.3 is 29.6 Å². The number of nitrogens with zero attached hydrogens (tertiary/aromatic N) is 2. The van der Waals surface area contributed by atoms with Gasteiger partial charge in [0, 0.05) is 56.3 Å². The summed E-state index contributed by atoms with van der Waals surface area (Å²) in [5.74, 6) is -6.12. The van der Waals surface area contributed by atoms with E-state index >= 15 is 0 Å². The van der Waals surface area contributed by atoms with Crippen LogP contribution in [0.3, 0.4) is 0 Å². The van der Waals surface area contributed by atoms with Crippen molar-refractivity contribution in [1.29, 1.82) is 0 Å². The Bertz CT molecular complexity index is 327. The van der Waals surface area contributed by atoms with Crippen molar-refractivity contribution in [3.8, 4) is 0 Å². The number of carboxylic acid groups (broad SMARTS) is 4. The molecule has 0 saturated heterocycles. The molecule has 0 fully saturated rings. The minimum Gasteiger partial charge on any atom is -0.549 e. The summed E-state index contributed by atoms with van der Waals surface area (Å²) < 4.78 is 0. The largest absolute Gasteiger partial charge is 1.00 e. The van der Waals surface area contributed by atoms with Crippen LogP contribution in [0.4, 0.5) is 0 Å². The molecule has 0 aliphatic carbocycles. The Hall–Kier alpha value is -0.681. The van der Waals surface area contributed by atoms with Gasteiger partial charge in [0.15, 0.2) is 0 Å². The van der Waals surface area contributed by atoms with Crippen LogP contribution in [0.25, 0.3) is 0 Å². The van der Waals surface area contributed by atoms with Gasteiger partial charge in [0.25, 0.3) is 0 Å². The van der Waals surface area contributed by atoms with Crippen LogP contribution in [0.2, 0.25) is 0 Å². The van der Waals surface area contributed by atoms with Crippen molar-refractivity contribution >= 4 is 23.9 Å².